The summed E-state index contributed by atoms with van der Waals surface area (Å²) in [5.74, 6) is -1.14. The van der Waals surface area contributed by atoms with Crippen LogP contribution in [0, 0.1) is 10.1 Å². The summed E-state index contributed by atoms with van der Waals surface area (Å²) in [7, 11) is 0. The SMILES string of the molecule is O=C(O)c1cncc(-n2cc([N+](=O)[O-])cn2)n1. The summed E-state index contributed by atoms with van der Waals surface area (Å²) in [6, 6.07) is 0. The molecular formula is C8H5N5O4. The normalized spacial score (nSPS) is 10.1. The second-order valence-corrected chi connectivity index (χ2v) is 2.97. The number of carboxylic acids is 1. The zero-order valence-corrected chi connectivity index (χ0v) is 8.22. The summed E-state index contributed by atoms with van der Waals surface area (Å²) in [6.45, 7) is 0. The van der Waals surface area contributed by atoms with E-state index >= 15 is 0 Å². The summed E-state index contributed by atoms with van der Waals surface area (Å²) in [6.07, 6.45) is 4.48. The first-order valence-electron chi connectivity index (χ1n) is 4.32. The molecule has 0 radical (unpaired) electrons. The summed E-state index contributed by atoms with van der Waals surface area (Å²) in [5.41, 5.74) is -0.479. The van der Waals surface area contributed by atoms with Crippen molar-refractivity contribution >= 4 is 11.7 Å². The highest BCUT2D eigenvalue weighted by Gasteiger charge is 2.12. The first-order chi connectivity index (χ1) is 8.08. The van der Waals surface area contributed by atoms with E-state index in [-0.39, 0.29) is 17.2 Å². The monoisotopic (exact) mass is 235 g/mol. The van der Waals surface area contributed by atoms with E-state index in [2.05, 4.69) is 15.1 Å². The van der Waals surface area contributed by atoms with Gasteiger partial charge in [-0.2, -0.15) is 5.10 Å². The standard InChI is InChI=1S/C8H5N5O4/c14-8(15)6-2-9-3-7(11-6)12-4-5(1-10-12)13(16)17/h1-4H,(H,14,15). The Bertz CT molecular complexity index is 593. The van der Waals surface area contributed by atoms with E-state index in [1.54, 1.807) is 0 Å². The molecule has 0 saturated carbocycles. The van der Waals surface area contributed by atoms with E-state index in [9.17, 15) is 14.9 Å². The lowest BCUT2D eigenvalue weighted by Gasteiger charge is -1.99. The number of aromatic carboxylic acids is 1. The summed E-state index contributed by atoms with van der Waals surface area (Å²) in [4.78, 5) is 27.9. The lowest BCUT2D eigenvalue weighted by Crippen LogP contribution is -2.06. The van der Waals surface area contributed by atoms with Gasteiger partial charge < -0.3 is 5.11 Å². The minimum absolute atomic E-state index is 0.0954. The zero-order chi connectivity index (χ0) is 12.4. The number of nitro groups is 1. The molecule has 0 aromatic carbocycles. The van der Waals surface area contributed by atoms with Crippen LogP contribution in [0.15, 0.2) is 24.8 Å². The second-order valence-electron chi connectivity index (χ2n) is 2.97. The van der Waals surface area contributed by atoms with Gasteiger partial charge >= 0.3 is 11.7 Å². The average molecular weight is 235 g/mol. The third-order valence-electron chi connectivity index (χ3n) is 1.86. The van der Waals surface area contributed by atoms with Crippen molar-refractivity contribution in [3.8, 4) is 5.82 Å². The molecule has 0 unspecified atom stereocenters. The molecule has 0 fully saturated rings. The lowest BCUT2D eigenvalue weighted by atomic mass is 10.4. The van der Waals surface area contributed by atoms with Crippen molar-refractivity contribution in [3.05, 3.63) is 40.6 Å². The summed E-state index contributed by atoms with van der Waals surface area (Å²) in [5, 5.41) is 22.8. The molecular weight excluding hydrogens is 230 g/mol. The third-order valence-corrected chi connectivity index (χ3v) is 1.86. The Morgan fingerprint density at radius 2 is 2.18 bits per heavy atom. The fraction of sp³-hybridized carbons (Fsp3) is 0. The highest BCUT2D eigenvalue weighted by atomic mass is 16.6. The molecule has 2 heterocycles. The van der Waals surface area contributed by atoms with Crippen LogP contribution in [0.4, 0.5) is 5.69 Å². The highest BCUT2D eigenvalue weighted by Crippen LogP contribution is 2.11. The Hall–Kier alpha value is -2.84. The van der Waals surface area contributed by atoms with Crippen molar-refractivity contribution in [2.24, 2.45) is 0 Å². The van der Waals surface area contributed by atoms with Gasteiger partial charge in [0.15, 0.2) is 11.5 Å². The number of aromatic nitrogens is 4. The van der Waals surface area contributed by atoms with Gasteiger partial charge in [-0.15, -0.1) is 0 Å². The van der Waals surface area contributed by atoms with Gasteiger partial charge in [0.2, 0.25) is 0 Å². The minimum Gasteiger partial charge on any atom is -0.476 e. The van der Waals surface area contributed by atoms with E-state index < -0.39 is 10.9 Å². The van der Waals surface area contributed by atoms with Gasteiger partial charge in [0, 0.05) is 0 Å². The maximum absolute atomic E-state index is 10.7. The molecule has 1 N–H and O–H groups in total. The number of carboxylic acid groups (broad SMARTS) is 1. The zero-order valence-electron chi connectivity index (χ0n) is 8.22. The fourth-order valence-electron chi connectivity index (χ4n) is 1.10. The Balaban J connectivity index is 2.42. The Morgan fingerprint density at radius 3 is 2.76 bits per heavy atom. The molecule has 0 amide bonds. The Kier molecular flexibility index (Phi) is 2.49. The molecule has 0 aliphatic rings. The molecule has 0 spiro atoms. The van der Waals surface area contributed by atoms with Crippen LogP contribution in [0.2, 0.25) is 0 Å². The molecule has 0 aliphatic heterocycles. The van der Waals surface area contributed by atoms with Crippen molar-refractivity contribution in [3.63, 3.8) is 0 Å². The summed E-state index contributed by atoms with van der Waals surface area (Å²) >= 11 is 0. The van der Waals surface area contributed by atoms with E-state index in [0.717, 1.165) is 23.3 Å². The third kappa shape index (κ3) is 2.07. The quantitative estimate of drug-likeness (QED) is 0.597. The predicted octanol–water partition coefficient (Wildman–Crippen LogP) is 0.269. The first kappa shape index (κ1) is 10.7. The molecule has 2 aromatic heterocycles. The number of rotatable bonds is 3. The van der Waals surface area contributed by atoms with Crippen LogP contribution in [-0.4, -0.2) is 35.7 Å². The number of hydrogen-bond acceptors (Lipinski definition) is 6. The molecule has 0 atom stereocenters. The molecule has 2 aromatic rings. The molecule has 0 saturated heterocycles. The van der Waals surface area contributed by atoms with E-state index in [0.29, 0.717) is 0 Å². The first-order valence-corrected chi connectivity index (χ1v) is 4.32. The van der Waals surface area contributed by atoms with E-state index in [4.69, 9.17) is 5.11 Å². The maximum atomic E-state index is 10.7. The van der Waals surface area contributed by atoms with Gasteiger partial charge in [0.05, 0.1) is 17.3 Å². The fourth-order valence-corrected chi connectivity index (χ4v) is 1.10. The van der Waals surface area contributed by atoms with Crippen molar-refractivity contribution in [2.45, 2.75) is 0 Å². The number of hydrogen-bond donors (Lipinski definition) is 1. The number of carbonyl (C=O) groups is 1. The van der Waals surface area contributed by atoms with Crippen LogP contribution in [-0.2, 0) is 0 Å². The lowest BCUT2D eigenvalue weighted by molar-refractivity contribution is -0.384. The highest BCUT2D eigenvalue weighted by molar-refractivity contribution is 5.85. The molecule has 9 nitrogen and oxygen atoms in total. The van der Waals surface area contributed by atoms with Gasteiger partial charge in [-0.25, -0.2) is 14.5 Å². The molecule has 17 heavy (non-hydrogen) atoms. The van der Waals surface area contributed by atoms with Gasteiger partial charge in [-0.1, -0.05) is 0 Å². The Morgan fingerprint density at radius 1 is 1.41 bits per heavy atom. The van der Waals surface area contributed by atoms with Gasteiger partial charge in [0.25, 0.3) is 0 Å². The topological polar surface area (TPSA) is 124 Å². The van der Waals surface area contributed by atoms with Gasteiger partial charge in [0.1, 0.15) is 12.4 Å². The van der Waals surface area contributed by atoms with Crippen molar-refractivity contribution in [2.75, 3.05) is 0 Å². The minimum atomic E-state index is -1.24. The smallest absolute Gasteiger partial charge is 0.356 e. The number of nitrogens with zero attached hydrogens (tertiary/aromatic N) is 5. The molecule has 86 valence electrons. The largest absolute Gasteiger partial charge is 0.476 e. The molecule has 9 heteroatoms. The average Bonchev–Trinajstić information content (AvgIpc) is 2.78. The van der Waals surface area contributed by atoms with Crippen molar-refractivity contribution in [1.29, 1.82) is 0 Å². The van der Waals surface area contributed by atoms with E-state index in [1.807, 2.05) is 0 Å². The van der Waals surface area contributed by atoms with Crippen LogP contribution in [0.1, 0.15) is 10.5 Å². The van der Waals surface area contributed by atoms with Crippen LogP contribution in [0.5, 0.6) is 0 Å². The predicted molar refractivity (Wildman–Crippen MR) is 52.8 cm³/mol. The van der Waals surface area contributed by atoms with Crippen molar-refractivity contribution in [1.82, 2.24) is 19.7 Å². The van der Waals surface area contributed by atoms with Crippen molar-refractivity contribution < 1.29 is 14.8 Å². The van der Waals surface area contributed by atoms with E-state index in [1.165, 1.54) is 6.20 Å². The Labute approximate surface area is 93.5 Å². The van der Waals surface area contributed by atoms with Crippen LogP contribution in [0.3, 0.4) is 0 Å². The van der Waals surface area contributed by atoms with Crippen LogP contribution >= 0.6 is 0 Å². The molecule has 0 aliphatic carbocycles. The maximum Gasteiger partial charge on any atom is 0.356 e. The molecule has 0 bridgehead atoms. The van der Waals surface area contributed by atoms with Gasteiger partial charge in [-0.3, -0.25) is 15.1 Å². The van der Waals surface area contributed by atoms with Crippen LogP contribution in [0.25, 0.3) is 5.82 Å². The van der Waals surface area contributed by atoms with Crippen LogP contribution < -0.4 is 0 Å². The van der Waals surface area contributed by atoms with Gasteiger partial charge in [-0.05, 0) is 0 Å². The molecule has 2 rings (SSSR count). The summed E-state index contributed by atoms with van der Waals surface area (Å²) < 4.78 is 1.08. The second kappa shape index (κ2) is 3.96.